The highest BCUT2D eigenvalue weighted by Gasteiger charge is 2.17. The summed E-state index contributed by atoms with van der Waals surface area (Å²) in [4.78, 5) is 34.5. The van der Waals surface area contributed by atoms with E-state index in [-0.39, 0.29) is 16.4 Å². The van der Waals surface area contributed by atoms with Crippen LogP contribution in [0.3, 0.4) is 0 Å². The summed E-state index contributed by atoms with van der Waals surface area (Å²) in [6.45, 7) is -1.02. The molecule has 3 rings (SSSR count). The van der Waals surface area contributed by atoms with Crippen molar-refractivity contribution in [3.63, 3.8) is 0 Å². The molecule has 3 aromatic carbocycles. The normalized spacial score (nSPS) is 10.3. The number of nitro groups is 1. The van der Waals surface area contributed by atoms with Gasteiger partial charge in [0, 0.05) is 17.5 Å². The number of benzene rings is 3. The SMILES string of the molecule is O=C(COC(=O)COc1ccccc1Cc1ccccc1)Nc1cc(Cl)ccc1[N+](=O)[O-]. The average Bonchev–Trinajstić information content (AvgIpc) is 2.77. The van der Waals surface area contributed by atoms with Crippen LogP contribution in [-0.4, -0.2) is 30.0 Å². The van der Waals surface area contributed by atoms with Crippen molar-refractivity contribution in [3.05, 3.63) is 99.1 Å². The Hall–Kier alpha value is -3.91. The number of nitrogens with zero attached hydrogens (tertiary/aromatic N) is 1. The van der Waals surface area contributed by atoms with Gasteiger partial charge in [0.2, 0.25) is 0 Å². The second-order valence-electron chi connectivity index (χ2n) is 6.69. The van der Waals surface area contributed by atoms with E-state index in [0.29, 0.717) is 12.2 Å². The number of carbonyl (C=O) groups is 2. The van der Waals surface area contributed by atoms with Gasteiger partial charge < -0.3 is 14.8 Å². The molecular formula is C23H19ClN2O6. The number of anilines is 1. The molecule has 164 valence electrons. The highest BCUT2D eigenvalue weighted by Crippen LogP contribution is 2.27. The number of amides is 1. The van der Waals surface area contributed by atoms with Crippen molar-refractivity contribution in [2.45, 2.75) is 6.42 Å². The monoisotopic (exact) mass is 454 g/mol. The molecule has 0 saturated heterocycles. The summed E-state index contributed by atoms with van der Waals surface area (Å²) in [6, 6.07) is 20.9. The van der Waals surface area contributed by atoms with Crippen LogP contribution in [0.4, 0.5) is 11.4 Å². The maximum absolute atomic E-state index is 12.0. The third-order valence-corrected chi connectivity index (χ3v) is 4.58. The Morgan fingerprint density at radius 1 is 0.969 bits per heavy atom. The first-order valence-electron chi connectivity index (χ1n) is 9.56. The predicted molar refractivity (Wildman–Crippen MR) is 119 cm³/mol. The largest absolute Gasteiger partial charge is 0.482 e. The number of rotatable bonds is 9. The van der Waals surface area contributed by atoms with Gasteiger partial charge in [-0.25, -0.2) is 4.79 Å². The lowest BCUT2D eigenvalue weighted by Gasteiger charge is -2.11. The van der Waals surface area contributed by atoms with Crippen molar-refractivity contribution in [2.24, 2.45) is 0 Å². The Morgan fingerprint density at radius 3 is 2.44 bits per heavy atom. The van der Waals surface area contributed by atoms with Gasteiger partial charge in [0.15, 0.2) is 13.2 Å². The molecule has 0 atom stereocenters. The minimum absolute atomic E-state index is 0.0883. The van der Waals surface area contributed by atoms with Crippen LogP contribution in [0.1, 0.15) is 11.1 Å². The molecule has 0 unspecified atom stereocenters. The molecule has 0 spiro atoms. The van der Waals surface area contributed by atoms with Crippen molar-refractivity contribution in [1.29, 1.82) is 0 Å². The molecule has 0 fully saturated rings. The fourth-order valence-corrected chi connectivity index (χ4v) is 3.06. The van der Waals surface area contributed by atoms with Crippen molar-refractivity contribution in [3.8, 4) is 5.75 Å². The van der Waals surface area contributed by atoms with Crippen LogP contribution in [0.5, 0.6) is 5.75 Å². The van der Waals surface area contributed by atoms with Gasteiger partial charge >= 0.3 is 5.97 Å². The number of para-hydroxylation sites is 1. The number of nitro benzene ring substituents is 1. The van der Waals surface area contributed by atoms with Crippen molar-refractivity contribution in [2.75, 3.05) is 18.5 Å². The van der Waals surface area contributed by atoms with Crippen molar-refractivity contribution < 1.29 is 24.0 Å². The van der Waals surface area contributed by atoms with E-state index in [0.717, 1.165) is 11.1 Å². The molecule has 0 aliphatic heterocycles. The summed E-state index contributed by atoms with van der Waals surface area (Å²) < 4.78 is 10.5. The van der Waals surface area contributed by atoms with E-state index in [1.807, 2.05) is 42.5 Å². The lowest BCUT2D eigenvalue weighted by atomic mass is 10.0. The van der Waals surface area contributed by atoms with Gasteiger partial charge in [-0.1, -0.05) is 60.1 Å². The quantitative estimate of drug-likeness (QED) is 0.291. The zero-order valence-corrected chi connectivity index (χ0v) is 17.6. The fourth-order valence-electron chi connectivity index (χ4n) is 2.88. The van der Waals surface area contributed by atoms with E-state index in [9.17, 15) is 19.7 Å². The van der Waals surface area contributed by atoms with Crippen LogP contribution < -0.4 is 10.1 Å². The van der Waals surface area contributed by atoms with Gasteiger partial charge in [-0.05, 0) is 29.3 Å². The van der Waals surface area contributed by atoms with E-state index in [4.69, 9.17) is 21.1 Å². The van der Waals surface area contributed by atoms with Gasteiger partial charge in [-0.2, -0.15) is 0 Å². The highest BCUT2D eigenvalue weighted by atomic mass is 35.5. The smallest absolute Gasteiger partial charge is 0.344 e. The summed E-state index contributed by atoms with van der Waals surface area (Å²) in [5, 5.41) is 13.6. The van der Waals surface area contributed by atoms with Crippen LogP contribution in [-0.2, 0) is 20.7 Å². The molecule has 0 heterocycles. The summed E-state index contributed by atoms with van der Waals surface area (Å²) >= 11 is 5.82. The molecule has 1 amide bonds. The molecule has 32 heavy (non-hydrogen) atoms. The lowest BCUT2D eigenvalue weighted by molar-refractivity contribution is -0.383. The zero-order valence-electron chi connectivity index (χ0n) is 16.8. The minimum Gasteiger partial charge on any atom is -0.482 e. The molecule has 1 N–H and O–H groups in total. The molecule has 0 aliphatic rings. The number of nitrogens with one attached hydrogen (secondary N) is 1. The maximum Gasteiger partial charge on any atom is 0.344 e. The molecule has 0 bridgehead atoms. The van der Waals surface area contributed by atoms with E-state index >= 15 is 0 Å². The minimum atomic E-state index is -0.754. The Balaban J connectivity index is 1.52. The van der Waals surface area contributed by atoms with Gasteiger partial charge in [-0.3, -0.25) is 14.9 Å². The molecule has 8 nitrogen and oxygen atoms in total. The number of ether oxygens (including phenoxy) is 2. The van der Waals surface area contributed by atoms with E-state index in [1.165, 1.54) is 18.2 Å². The molecule has 0 radical (unpaired) electrons. The zero-order chi connectivity index (χ0) is 22.9. The molecule has 0 aromatic heterocycles. The van der Waals surface area contributed by atoms with Gasteiger partial charge in [0.1, 0.15) is 11.4 Å². The van der Waals surface area contributed by atoms with Gasteiger partial charge in [0.05, 0.1) is 4.92 Å². The first-order chi connectivity index (χ1) is 15.4. The van der Waals surface area contributed by atoms with Gasteiger partial charge in [0.25, 0.3) is 11.6 Å². The molecule has 3 aromatic rings. The summed E-state index contributed by atoms with van der Waals surface area (Å²) in [7, 11) is 0. The molecule has 9 heteroatoms. The second-order valence-corrected chi connectivity index (χ2v) is 7.12. The second kappa shape index (κ2) is 10.9. The Bertz CT molecular complexity index is 1120. The predicted octanol–water partition coefficient (Wildman–Crippen LogP) is 4.40. The lowest BCUT2D eigenvalue weighted by Crippen LogP contribution is -2.24. The van der Waals surface area contributed by atoms with Crippen LogP contribution in [0.2, 0.25) is 5.02 Å². The summed E-state index contributed by atoms with van der Waals surface area (Å²) in [5.41, 5.74) is 1.58. The number of carbonyl (C=O) groups excluding carboxylic acids is 2. The Morgan fingerprint density at radius 2 is 1.69 bits per heavy atom. The molecular weight excluding hydrogens is 436 g/mol. The van der Waals surface area contributed by atoms with E-state index < -0.39 is 30.0 Å². The van der Waals surface area contributed by atoms with Crippen LogP contribution in [0.15, 0.2) is 72.8 Å². The van der Waals surface area contributed by atoms with Gasteiger partial charge in [-0.15, -0.1) is 0 Å². The highest BCUT2D eigenvalue weighted by molar-refractivity contribution is 6.31. The van der Waals surface area contributed by atoms with Crippen LogP contribution in [0, 0.1) is 10.1 Å². The van der Waals surface area contributed by atoms with Crippen molar-refractivity contribution >= 4 is 34.9 Å². The average molecular weight is 455 g/mol. The van der Waals surface area contributed by atoms with Crippen molar-refractivity contribution in [1.82, 2.24) is 0 Å². The first-order valence-corrected chi connectivity index (χ1v) is 9.94. The molecule has 0 aliphatic carbocycles. The molecule has 0 saturated carbocycles. The maximum atomic E-state index is 12.0. The van der Waals surface area contributed by atoms with Crippen LogP contribution in [0.25, 0.3) is 0 Å². The standard InChI is InChI=1S/C23H19ClN2O6/c24-18-10-11-20(26(29)30)19(13-18)25-22(27)14-32-23(28)15-31-21-9-5-4-8-17(21)12-16-6-2-1-3-7-16/h1-11,13H,12,14-15H2,(H,25,27). The van der Waals surface area contributed by atoms with E-state index in [2.05, 4.69) is 5.32 Å². The summed E-state index contributed by atoms with van der Waals surface area (Å²) in [6.07, 6.45) is 0.632. The number of esters is 1. The first kappa shape index (κ1) is 22.8. The Kier molecular flexibility index (Phi) is 7.77. The number of halogens is 1. The Labute approximate surface area is 188 Å². The third kappa shape index (κ3) is 6.55. The summed E-state index contributed by atoms with van der Waals surface area (Å²) in [5.74, 6) is -0.962. The van der Waals surface area contributed by atoms with Crippen LogP contribution >= 0.6 is 11.6 Å². The fraction of sp³-hybridized carbons (Fsp3) is 0.130. The topological polar surface area (TPSA) is 108 Å². The van der Waals surface area contributed by atoms with E-state index in [1.54, 1.807) is 12.1 Å². The number of hydrogen-bond donors (Lipinski definition) is 1. The third-order valence-electron chi connectivity index (χ3n) is 4.35. The number of hydrogen-bond acceptors (Lipinski definition) is 6.